The molecule has 1 aliphatic carbocycles. The van der Waals surface area contributed by atoms with Crippen LogP contribution < -0.4 is 0 Å². The topological polar surface area (TPSA) is 53.1 Å². The van der Waals surface area contributed by atoms with Crippen LogP contribution in [0, 0.1) is 0 Å². The van der Waals surface area contributed by atoms with Crippen LogP contribution in [0.2, 0.25) is 0 Å². The third-order valence-corrected chi connectivity index (χ3v) is 2.37. The number of nitrogens with one attached hydrogen (secondary N) is 1. The quantitative estimate of drug-likeness (QED) is 0.690. The van der Waals surface area contributed by atoms with E-state index in [0.29, 0.717) is 0 Å². The third-order valence-electron chi connectivity index (χ3n) is 2.37. The molecule has 0 saturated carbocycles. The van der Waals surface area contributed by atoms with Gasteiger partial charge < -0.3 is 10.1 Å². The molecule has 3 heteroatoms. The number of aryl methyl sites for hydroxylation is 1. The molecule has 0 aromatic carbocycles. The van der Waals surface area contributed by atoms with Crippen LogP contribution in [0.25, 0.3) is 0 Å². The van der Waals surface area contributed by atoms with Gasteiger partial charge in [-0.25, -0.2) is 0 Å². The highest BCUT2D eigenvalue weighted by atomic mass is 16.4. The van der Waals surface area contributed by atoms with Crippen LogP contribution in [0.1, 0.15) is 23.2 Å². The number of aliphatic carboxylic acids is 1. The lowest BCUT2D eigenvalue weighted by Gasteiger charge is -1.94. The summed E-state index contributed by atoms with van der Waals surface area (Å²) >= 11 is 0. The van der Waals surface area contributed by atoms with Crippen molar-refractivity contribution in [1.82, 2.24) is 4.98 Å². The molecule has 0 radical (unpaired) electrons. The minimum atomic E-state index is -0.747. The molecule has 2 N–H and O–H groups in total. The van der Waals surface area contributed by atoms with Crippen molar-refractivity contribution in [2.75, 3.05) is 0 Å². The molecule has 0 saturated heterocycles. The van der Waals surface area contributed by atoms with Crippen LogP contribution in [0.5, 0.6) is 0 Å². The highest BCUT2D eigenvalue weighted by molar-refractivity contribution is 5.71. The zero-order chi connectivity index (χ0) is 8.55. The molecular weight excluding hydrogens is 154 g/mol. The van der Waals surface area contributed by atoms with E-state index in [1.54, 1.807) is 0 Å². The van der Waals surface area contributed by atoms with E-state index in [0.717, 1.165) is 24.8 Å². The maximum absolute atomic E-state index is 10.5. The number of aromatic nitrogens is 1. The zero-order valence-corrected chi connectivity index (χ0v) is 6.76. The summed E-state index contributed by atoms with van der Waals surface area (Å²) in [6.45, 7) is 0. The van der Waals surface area contributed by atoms with E-state index in [1.165, 1.54) is 11.3 Å². The van der Waals surface area contributed by atoms with E-state index in [4.69, 9.17) is 5.11 Å². The lowest BCUT2D eigenvalue weighted by molar-refractivity contribution is -0.136. The molecule has 0 fully saturated rings. The first-order chi connectivity index (χ1) is 5.77. The molecule has 64 valence electrons. The van der Waals surface area contributed by atoms with Gasteiger partial charge in [0, 0.05) is 11.9 Å². The second kappa shape index (κ2) is 2.66. The van der Waals surface area contributed by atoms with Crippen molar-refractivity contribution in [3.63, 3.8) is 0 Å². The van der Waals surface area contributed by atoms with Crippen LogP contribution in [0.15, 0.2) is 6.20 Å². The molecule has 0 atom stereocenters. The van der Waals surface area contributed by atoms with Gasteiger partial charge in [0.2, 0.25) is 0 Å². The standard InChI is InChI=1S/C9H11NO2/c11-9(12)4-6-5-10-8-3-1-2-7(6)8/h5,10H,1-4H2,(H,11,12). The Bertz CT molecular complexity index is 314. The number of aromatic amines is 1. The predicted molar refractivity (Wildman–Crippen MR) is 44.2 cm³/mol. The Balaban J connectivity index is 2.27. The van der Waals surface area contributed by atoms with Crippen LogP contribution in [-0.4, -0.2) is 16.1 Å². The van der Waals surface area contributed by atoms with Gasteiger partial charge in [0.1, 0.15) is 0 Å². The Kier molecular flexibility index (Phi) is 1.64. The summed E-state index contributed by atoms with van der Waals surface area (Å²) in [7, 11) is 0. The molecule has 0 amide bonds. The van der Waals surface area contributed by atoms with Gasteiger partial charge in [-0.05, 0) is 30.4 Å². The van der Waals surface area contributed by atoms with Crippen molar-refractivity contribution in [1.29, 1.82) is 0 Å². The molecule has 12 heavy (non-hydrogen) atoms. The summed E-state index contributed by atoms with van der Waals surface area (Å²) < 4.78 is 0. The van der Waals surface area contributed by atoms with Crippen molar-refractivity contribution in [3.05, 3.63) is 23.0 Å². The van der Waals surface area contributed by atoms with Gasteiger partial charge in [-0.15, -0.1) is 0 Å². The summed E-state index contributed by atoms with van der Waals surface area (Å²) in [5.74, 6) is -0.747. The van der Waals surface area contributed by atoms with Gasteiger partial charge in [-0.2, -0.15) is 0 Å². The van der Waals surface area contributed by atoms with Crippen LogP contribution >= 0.6 is 0 Å². The van der Waals surface area contributed by atoms with E-state index in [9.17, 15) is 4.79 Å². The summed E-state index contributed by atoms with van der Waals surface area (Å²) in [4.78, 5) is 13.6. The van der Waals surface area contributed by atoms with Gasteiger partial charge in [-0.3, -0.25) is 4.79 Å². The minimum absolute atomic E-state index is 0.159. The first-order valence-electron chi connectivity index (χ1n) is 4.17. The molecule has 1 aromatic rings. The number of carboxylic acid groups (broad SMARTS) is 1. The molecule has 3 nitrogen and oxygen atoms in total. The van der Waals surface area contributed by atoms with E-state index < -0.39 is 5.97 Å². The highest BCUT2D eigenvalue weighted by Crippen LogP contribution is 2.24. The maximum atomic E-state index is 10.5. The number of carboxylic acids is 1. The van der Waals surface area contributed by atoms with Crippen molar-refractivity contribution in [2.45, 2.75) is 25.7 Å². The Morgan fingerprint density at radius 3 is 3.17 bits per heavy atom. The molecule has 0 bridgehead atoms. The number of hydrogen-bond donors (Lipinski definition) is 2. The average Bonchev–Trinajstić information content (AvgIpc) is 2.52. The third kappa shape index (κ3) is 1.11. The SMILES string of the molecule is O=C(O)Cc1c[nH]c2c1CCC2. The Labute approximate surface area is 70.4 Å². The van der Waals surface area contributed by atoms with Gasteiger partial charge in [0.05, 0.1) is 6.42 Å². The number of carbonyl (C=O) groups is 1. The number of H-pyrrole nitrogens is 1. The summed E-state index contributed by atoms with van der Waals surface area (Å²) in [5, 5.41) is 8.60. The molecule has 1 aliphatic rings. The Morgan fingerprint density at radius 1 is 1.58 bits per heavy atom. The molecule has 2 rings (SSSR count). The summed E-state index contributed by atoms with van der Waals surface area (Å²) in [6, 6.07) is 0. The predicted octanol–water partition coefficient (Wildman–Crippen LogP) is 1.13. The van der Waals surface area contributed by atoms with Crippen LogP contribution in [-0.2, 0) is 24.1 Å². The molecule has 0 spiro atoms. The van der Waals surface area contributed by atoms with E-state index in [-0.39, 0.29) is 6.42 Å². The number of hydrogen-bond acceptors (Lipinski definition) is 1. The van der Waals surface area contributed by atoms with Gasteiger partial charge >= 0.3 is 5.97 Å². The lowest BCUT2D eigenvalue weighted by Crippen LogP contribution is -2.00. The highest BCUT2D eigenvalue weighted by Gasteiger charge is 2.17. The second-order valence-corrected chi connectivity index (χ2v) is 3.20. The molecule has 1 aromatic heterocycles. The molecule has 1 heterocycles. The molecule has 0 aliphatic heterocycles. The fraction of sp³-hybridized carbons (Fsp3) is 0.444. The van der Waals surface area contributed by atoms with Crippen molar-refractivity contribution >= 4 is 5.97 Å². The van der Waals surface area contributed by atoms with E-state index in [2.05, 4.69) is 4.98 Å². The largest absolute Gasteiger partial charge is 0.481 e. The monoisotopic (exact) mass is 165 g/mol. The number of rotatable bonds is 2. The fourth-order valence-electron chi connectivity index (χ4n) is 1.84. The smallest absolute Gasteiger partial charge is 0.307 e. The van der Waals surface area contributed by atoms with Gasteiger partial charge in [0.25, 0.3) is 0 Å². The van der Waals surface area contributed by atoms with E-state index in [1.807, 2.05) is 6.20 Å². The minimum Gasteiger partial charge on any atom is -0.481 e. The number of fused-ring (bicyclic) bond motifs is 1. The fourth-order valence-corrected chi connectivity index (χ4v) is 1.84. The van der Waals surface area contributed by atoms with E-state index >= 15 is 0 Å². The first-order valence-corrected chi connectivity index (χ1v) is 4.17. The Morgan fingerprint density at radius 2 is 2.42 bits per heavy atom. The van der Waals surface area contributed by atoms with Crippen LogP contribution in [0.4, 0.5) is 0 Å². The summed E-state index contributed by atoms with van der Waals surface area (Å²) in [6.07, 6.45) is 5.27. The van der Waals surface area contributed by atoms with Crippen molar-refractivity contribution < 1.29 is 9.90 Å². The molecule has 0 unspecified atom stereocenters. The van der Waals surface area contributed by atoms with Crippen molar-refractivity contribution in [2.24, 2.45) is 0 Å². The maximum Gasteiger partial charge on any atom is 0.307 e. The first kappa shape index (κ1) is 7.40. The van der Waals surface area contributed by atoms with Crippen LogP contribution in [0.3, 0.4) is 0 Å². The lowest BCUT2D eigenvalue weighted by atomic mass is 10.1. The van der Waals surface area contributed by atoms with Crippen molar-refractivity contribution in [3.8, 4) is 0 Å². The molecular formula is C9H11NO2. The average molecular weight is 165 g/mol. The summed E-state index contributed by atoms with van der Waals surface area (Å²) in [5.41, 5.74) is 3.46. The van der Waals surface area contributed by atoms with Gasteiger partial charge in [0.15, 0.2) is 0 Å². The van der Waals surface area contributed by atoms with Gasteiger partial charge in [-0.1, -0.05) is 0 Å². The zero-order valence-electron chi connectivity index (χ0n) is 6.76. The Hall–Kier alpha value is -1.25. The second-order valence-electron chi connectivity index (χ2n) is 3.20. The normalized spacial score (nSPS) is 14.7.